The lowest BCUT2D eigenvalue weighted by atomic mass is 10.2. The van der Waals surface area contributed by atoms with Gasteiger partial charge >= 0.3 is 0 Å². The van der Waals surface area contributed by atoms with Gasteiger partial charge in [-0.15, -0.1) is 11.3 Å². The van der Waals surface area contributed by atoms with Crippen molar-refractivity contribution in [2.75, 3.05) is 0 Å². The molecule has 0 bridgehead atoms. The molecule has 10 heavy (non-hydrogen) atoms. The van der Waals surface area contributed by atoms with Crippen molar-refractivity contribution >= 4 is 33.9 Å². The number of aliphatic hydroxyl groups excluding tert-OH is 1. The van der Waals surface area contributed by atoms with Crippen molar-refractivity contribution in [2.45, 2.75) is 17.0 Å². The van der Waals surface area contributed by atoms with Gasteiger partial charge < -0.3 is 5.11 Å². The summed E-state index contributed by atoms with van der Waals surface area (Å²) in [6.07, 6.45) is -0.251. The summed E-state index contributed by atoms with van der Waals surface area (Å²) >= 11 is 3.95. The minimum atomic E-state index is -0.251. The minimum Gasteiger partial charge on any atom is -0.392 e. The number of halogens is 1. The third-order valence-corrected chi connectivity index (χ3v) is 4.33. The van der Waals surface area contributed by atoms with Crippen LogP contribution in [-0.2, 0) is 0 Å². The summed E-state index contributed by atoms with van der Waals surface area (Å²) < 4.78 is 0.248. The Labute approximate surface area is 78.2 Å². The lowest BCUT2D eigenvalue weighted by molar-refractivity contribution is 0.198. The van der Waals surface area contributed by atoms with Crippen molar-refractivity contribution in [3.05, 3.63) is 22.4 Å². The Bertz CT molecular complexity index is 183. The maximum Gasteiger partial charge on any atom is 0.0709 e. The van der Waals surface area contributed by atoms with E-state index in [1.54, 1.807) is 11.3 Å². The molecule has 0 amide bonds. The highest BCUT2D eigenvalue weighted by molar-refractivity contribution is 14.1. The van der Waals surface area contributed by atoms with Crippen LogP contribution in [0.2, 0.25) is 0 Å². The smallest absolute Gasteiger partial charge is 0.0709 e. The number of rotatable bonds is 2. The standard InChI is InChI=1S/C7H9IOS/c1-5(9)7(8)6-3-2-4-10-6/h2-5,7,9H,1H3/t5-,7+/m0/s1. The van der Waals surface area contributed by atoms with Crippen LogP contribution in [0.1, 0.15) is 15.7 Å². The van der Waals surface area contributed by atoms with Crippen molar-refractivity contribution in [3.8, 4) is 0 Å². The van der Waals surface area contributed by atoms with Gasteiger partial charge in [0.2, 0.25) is 0 Å². The quantitative estimate of drug-likeness (QED) is 0.645. The fourth-order valence-corrected chi connectivity index (χ4v) is 2.13. The Hall–Kier alpha value is 0.390. The lowest BCUT2D eigenvalue weighted by Gasteiger charge is -2.09. The van der Waals surface area contributed by atoms with Gasteiger partial charge in [-0.1, -0.05) is 28.7 Å². The van der Waals surface area contributed by atoms with Gasteiger partial charge in [-0.25, -0.2) is 0 Å². The molecule has 0 spiro atoms. The van der Waals surface area contributed by atoms with Gasteiger partial charge in [0.15, 0.2) is 0 Å². The third-order valence-electron chi connectivity index (χ3n) is 1.24. The van der Waals surface area contributed by atoms with Crippen LogP contribution in [0, 0.1) is 0 Å². The summed E-state index contributed by atoms with van der Waals surface area (Å²) in [5.41, 5.74) is 0. The zero-order valence-electron chi connectivity index (χ0n) is 5.62. The predicted molar refractivity (Wildman–Crippen MR) is 52.8 cm³/mol. The fourth-order valence-electron chi connectivity index (χ4n) is 0.686. The van der Waals surface area contributed by atoms with Gasteiger partial charge in [0.05, 0.1) is 10.0 Å². The average Bonchev–Trinajstić information content (AvgIpc) is 2.36. The molecule has 0 saturated carbocycles. The summed E-state index contributed by atoms with van der Waals surface area (Å²) in [5.74, 6) is 0. The molecule has 1 aromatic rings. The zero-order valence-corrected chi connectivity index (χ0v) is 8.59. The molecule has 0 aliphatic rings. The SMILES string of the molecule is C[C@H](O)[C@@H](I)c1cccs1. The normalized spacial score (nSPS) is 16.7. The molecule has 1 aromatic heterocycles. The Morgan fingerprint density at radius 3 is 2.80 bits per heavy atom. The van der Waals surface area contributed by atoms with E-state index in [4.69, 9.17) is 0 Å². The van der Waals surface area contributed by atoms with Crippen LogP contribution in [0.25, 0.3) is 0 Å². The van der Waals surface area contributed by atoms with Crippen molar-refractivity contribution in [3.63, 3.8) is 0 Å². The molecule has 56 valence electrons. The Morgan fingerprint density at radius 1 is 1.70 bits per heavy atom. The first kappa shape index (κ1) is 8.49. The van der Waals surface area contributed by atoms with E-state index >= 15 is 0 Å². The van der Waals surface area contributed by atoms with E-state index in [0.29, 0.717) is 0 Å². The fraction of sp³-hybridized carbons (Fsp3) is 0.429. The first-order valence-corrected chi connectivity index (χ1v) is 5.20. The van der Waals surface area contributed by atoms with Gasteiger partial charge in [-0.3, -0.25) is 0 Å². The highest BCUT2D eigenvalue weighted by Crippen LogP contribution is 2.30. The van der Waals surface area contributed by atoms with Gasteiger partial charge in [-0.2, -0.15) is 0 Å². The Kier molecular flexibility index (Phi) is 3.13. The second kappa shape index (κ2) is 3.69. The minimum absolute atomic E-state index is 0.248. The Balaban J connectivity index is 2.68. The zero-order chi connectivity index (χ0) is 7.56. The summed E-state index contributed by atoms with van der Waals surface area (Å²) in [4.78, 5) is 1.25. The van der Waals surface area contributed by atoms with Crippen molar-refractivity contribution in [1.29, 1.82) is 0 Å². The topological polar surface area (TPSA) is 20.2 Å². The first-order chi connectivity index (χ1) is 4.72. The highest BCUT2D eigenvalue weighted by atomic mass is 127. The molecule has 2 atom stereocenters. The molecule has 0 aromatic carbocycles. The van der Waals surface area contributed by atoms with Crippen LogP contribution in [0.5, 0.6) is 0 Å². The molecule has 0 saturated heterocycles. The molecule has 1 rings (SSSR count). The lowest BCUT2D eigenvalue weighted by Crippen LogP contribution is -2.05. The molecule has 0 aliphatic carbocycles. The maximum atomic E-state index is 9.19. The predicted octanol–water partition coefficient (Wildman–Crippen LogP) is 2.61. The molecule has 1 nitrogen and oxygen atoms in total. The molecule has 0 aliphatic heterocycles. The van der Waals surface area contributed by atoms with Crippen LogP contribution >= 0.6 is 33.9 Å². The number of alkyl halides is 1. The molecule has 3 heteroatoms. The first-order valence-electron chi connectivity index (χ1n) is 3.07. The van der Waals surface area contributed by atoms with Gasteiger partial charge in [0, 0.05) is 4.88 Å². The van der Waals surface area contributed by atoms with Crippen molar-refractivity contribution in [1.82, 2.24) is 0 Å². The van der Waals surface area contributed by atoms with Crippen LogP contribution in [0.4, 0.5) is 0 Å². The molecule has 0 fully saturated rings. The Morgan fingerprint density at radius 2 is 2.40 bits per heavy atom. The molecular weight excluding hydrogens is 259 g/mol. The second-order valence-corrected chi connectivity index (χ2v) is 4.48. The second-order valence-electron chi connectivity index (χ2n) is 2.16. The van der Waals surface area contributed by atoms with E-state index in [9.17, 15) is 5.11 Å². The van der Waals surface area contributed by atoms with Gasteiger partial charge in [0.25, 0.3) is 0 Å². The summed E-state index contributed by atoms with van der Waals surface area (Å²) in [6.45, 7) is 1.82. The number of hydrogen-bond acceptors (Lipinski definition) is 2. The summed E-state index contributed by atoms with van der Waals surface area (Å²) in [7, 11) is 0. The number of thiophene rings is 1. The van der Waals surface area contributed by atoms with E-state index in [0.717, 1.165) is 0 Å². The molecule has 0 radical (unpaired) electrons. The van der Waals surface area contributed by atoms with Crippen LogP contribution in [-0.4, -0.2) is 11.2 Å². The average molecular weight is 268 g/mol. The third kappa shape index (κ3) is 1.93. The van der Waals surface area contributed by atoms with Gasteiger partial charge in [-0.05, 0) is 18.4 Å². The van der Waals surface area contributed by atoms with Crippen molar-refractivity contribution < 1.29 is 5.11 Å². The summed E-state index contributed by atoms with van der Waals surface area (Å²) in [5, 5.41) is 11.2. The van der Waals surface area contributed by atoms with Crippen LogP contribution in [0.3, 0.4) is 0 Å². The van der Waals surface area contributed by atoms with Crippen LogP contribution < -0.4 is 0 Å². The molecule has 0 unspecified atom stereocenters. The highest BCUT2D eigenvalue weighted by Gasteiger charge is 2.13. The van der Waals surface area contributed by atoms with Crippen molar-refractivity contribution in [2.24, 2.45) is 0 Å². The number of aliphatic hydroxyl groups is 1. The molecular formula is C7H9IOS. The van der Waals surface area contributed by atoms with E-state index in [-0.39, 0.29) is 10.0 Å². The van der Waals surface area contributed by atoms with E-state index < -0.39 is 0 Å². The number of hydrogen-bond donors (Lipinski definition) is 1. The van der Waals surface area contributed by atoms with Gasteiger partial charge in [0.1, 0.15) is 0 Å². The van der Waals surface area contributed by atoms with E-state index in [2.05, 4.69) is 28.7 Å². The maximum absolute atomic E-state index is 9.19. The monoisotopic (exact) mass is 268 g/mol. The summed E-state index contributed by atoms with van der Waals surface area (Å²) in [6, 6.07) is 4.06. The van der Waals surface area contributed by atoms with E-state index in [1.165, 1.54) is 4.88 Å². The van der Waals surface area contributed by atoms with E-state index in [1.807, 2.05) is 18.4 Å². The van der Waals surface area contributed by atoms with Crippen LogP contribution in [0.15, 0.2) is 17.5 Å². The largest absolute Gasteiger partial charge is 0.392 e. The molecule has 1 heterocycles. The molecule has 1 N–H and O–H groups in total.